The van der Waals surface area contributed by atoms with E-state index < -0.39 is 0 Å². The molecule has 16 heavy (non-hydrogen) atoms. The molecular weight excluding hydrogens is 228 g/mol. The second-order valence-corrected chi connectivity index (χ2v) is 4.42. The lowest BCUT2D eigenvalue weighted by molar-refractivity contribution is 0.0963. The Labute approximate surface area is 100 Å². The predicted molar refractivity (Wildman–Crippen MR) is 60.7 cm³/mol. The second kappa shape index (κ2) is 5.64. The first-order chi connectivity index (χ1) is 7.85. The largest absolute Gasteiger partial charge is 0.425 e. The topological polar surface area (TPSA) is 48.2 Å². The summed E-state index contributed by atoms with van der Waals surface area (Å²) >= 11 is 5.62. The van der Waals surface area contributed by atoms with E-state index in [1.807, 2.05) is 0 Å². The van der Waals surface area contributed by atoms with E-state index in [2.05, 4.69) is 17.1 Å². The predicted octanol–water partition coefficient (Wildman–Crippen LogP) is 2.52. The lowest BCUT2D eigenvalue weighted by Crippen LogP contribution is -2.13. The van der Waals surface area contributed by atoms with E-state index in [-0.39, 0.29) is 12.0 Å². The number of nitrogens with zero attached hydrogens (tertiary/aromatic N) is 2. The minimum atomic E-state index is 0.237. The number of alkyl halides is 1. The smallest absolute Gasteiger partial charge is 0.222 e. The molecule has 1 aromatic heterocycles. The third kappa shape index (κ3) is 2.55. The second-order valence-electron chi connectivity index (χ2n) is 4.04. The molecule has 5 heteroatoms. The zero-order chi connectivity index (χ0) is 11.4. The van der Waals surface area contributed by atoms with Crippen molar-refractivity contribution in [2.24, 2.45) is 0 Å². The molecule has 2 unspecified atom stereocenters. The highest BCUT2D eigenvalue weighted by atomic mass is 35.5. The van der Waals surface area contributed by atoms with Gasteiger partial charge in [0.2, 0.25) is 11.8 Å². The van der Waals surface area contributed by atoms with Gasteiger partial charge < -0.3 is 9.15 Å². The summed E-state index contributed by atoms with van der Waals surface area (Å²) in [7, 11) is 0. The maximum Gasteiger partial charge on any atom is 0.222 e. The van der Waals surface area contributed by atoms with Gasteiger partial charge in [-0.25, -0.2) is 0 Å². The number of aryl methyl sites for hydroxylation is 1. The molecule has 2 heterocycles. The van der Waals surface area contributed by atoms with Crippen molar-refractivity contribution in [2.45, 2.75) is 44.6 Å². The van der Waals surface area contributed by atoms with Crippen LogP contribution in [0.15, 0.2) is 4.42 Å². The van der Waals surface area contributed by atoms with E-state index in [4.69, 9.17) is 20.8 Å². The molecule has 0 aromatic carbocycles. The minimum Gasteiger partial charge on any atom is -0.425 e. The van der Waals surface area contributed by atoms with Crippen LogP contribution in [0.1, 0.15) is 43.9 Å². The summed E-state index contributed by atoms with van der Waals surface area (Å²) in [5.41, 5.74) is 0. The molecule has 0 radical (unpaired) electrons. The van der Waals surface area contributed by atoms with Gasteiger partial charge in [-0.05, 0) is 19.3 Å². The molecular formula is C11H17ClN2O2. The molecule has 0 spiro atoms. The van der Waals surface area contributed by atoms with Gasteiger partial charge in [-0.3, -0.25) is 0 Å². The minimum absolute atomic E-state index is 0.237. The molecule has 0 N–H and O–H groups in total. The Hall–Kier alpha value is -0.610. The average Bonchev–Trinajstić information content (AvgIpc) is 2.94. The van der Waals surface area contributed by atoms with Crippen molar-refractivity contribution in [3.05, 3.63) is 11.8 Å². The first-order valence-electron chi connectivity index (χ1n) is 5.85. The molecule has 1 saturated heterocycles. The maximum atomic E-state index is 5.64. The average molecular weight is 245 g/mol. The molecule has 2 rings (SSSR count). The summed E-state index contributed by atoms with van der Waals surface area (Å²) in [4.78, 5) is 0. The van der Waals surface area contributed by atoms with Crippen LogP contribution >= 0.6 is 11.6 Å². The lowest BCUT2D eigenvalue weighted by Gasteiger charge is -2.11. The van der Waals surface area contributed by atoms with E-state index in [1.165, 1.54) is 0 Å². The van der Waals surface area contributed by atoms with E-state index in [1.54, 1.807) is 0 Å². The van der Waals surface area contributed by atoms with Crippen LogP contribution in [0.2, 0.25) is 0 Å². The van der Waals surface area contributed by atoms with Crippen molar-refractivity contribution < 1.29 is 9.15 Å². The van der Waals surface area contributed by atoms with Gasteiger partial charge in [0.25, 0.3) is 0 Å². The molecule has 1 aliphatic rings. The van der Waals surface area contributed by atoms with Gasteiger partial charge in [-0.2, -0.15) is 0 Å². The van der Waals surface area contributed by atoms with Crippen molar-refractivity contribution in [1.29, 1.82) is 0 Å². The molecule has 0 aliphatic carbocycles. The van der Waals surface area contributed by atoms with Gasteiger partial charge in [-0.15, -0.1) is 21.8 Å². The SMILES string of the molecule is CCC1OCCC1c1nnc(CCCCl)o1. The first-order valence-corrected chi connectivity index (χ1v) is 6.38. The van der Waals surface area contributed by atoms with Crippen LogP contribution in [-0.4, -0.2) is 28.8 Å². The summed E-state index contributed by atoms with van der Waals surface area (Å²) in [6, 6.07) is 0. The van der Waals surface area contributed by atoms with E-state index >= 15 is 0 Å². The zero-order valence-electron chi connectivity index (χ0n) is 9.49. The lowest BCUT2D eigenvalue weighted by atomic mass is 10.00. The molecule has 2 atom stereocenters. The summed E-state index contributed by atoms with van der Waals surface area (Å²) in [5, 5.41) is 8.15. The summed E-state index contributed by atoms with van der Waals surface area (Å²) < 4.78 is 11.3. The quantitative estimate of drug-likeness (QED) is 0.747. The van der Waals surface area contributed by atoms with Crippen molar-refractivity contribution in [2.75, 3.05) is 12.5 Å². The van der Waals surface area contributed by atoms with Crippen LogP contribution in [0, 0.1) is 0 Å². The number of ether oxygens (including phenoxy) is 1. The maximum absolute atomic E-state index is 5.64. The monoisotopic (exact) mass is 244 g/mol. The fraction of sp³-hybridized carbons (Fsp3) is 0.818. The molecule has 0 saturated carbocycles. The van der Waals surface area contributed by atoms with Gasteiger partial charge in [0.15, 0.2) is 0 Å². The summed E-state index contributed by atoms with van der Waals surface area (Å²) in [5.74, 6) is 2.33. The molecule has 4 nitrogen and oxygen atoms in total. The van der Waals surface area contributed by atoms with E-state index in [0.29, 0.717) is 11.8 Å². The van der Waals surface area contributed by atoms with Crippen LogP contribution in [0.25, 0.3) is 0 Å². The van der Waals surface area contributed by atoms with Crippen LogP contribution < -0.4 is 0 Å². The van der Waals surface area contributed by atoms with Gasteiger partial charge in [0.1, 0.15) is 0 Å². The summed E-state index contributed by atoms with van der Waals surface area (Å²) in [6.45, 7) is 2.91. The molecule has 0 amide bonds. The van der Waals surface area contributed by atoms with E-state index in [9.17, 15) is 0 Å². The fourth-order valence-corrected chi connectivity index (χ4v) is 2.20. The van der Waals surface area contributed by atoms with E-state index in [0.717, 1.165) is 38.2 Å². The number of hydrogen-bond donors (Lipinski definition) is 0. The highest BCUT2D eigenvalue weighted by Crippen LogP contribution is 2.32. The fourth-order valence-electron chi connectivity index (χ4n) is 2.07. The van der Waals surface area contributed by atoms with Gasteiger partial charge in [0, 0.05) is 18.9 Å². The van der Waals surface area contributed by atoms with Gasteiger partial charge in [0.05, 0.1) is 12.0 Å². The normalized spacial score (nSPS) is 25.1. The third-order valence-corrected chi connectivity index (χ3v) is 3.20. The summed E-state index contributed by atoms with van der Waals surface area (Å²) in [6.07, 6.45) is 3.85. The first kappa shape index (κ1) is 11.9. The van der Waals surface area contributed by atoms with Gasteiger partial charge >= 0.3 is 0 Å². The molecule has 90 valence electrons. The molecule has 1 aliphatic heterocycles. The van der Waals surface area contributed by atoms with Crippen LogP contribution in [0.4, 0.5) is 0 Å². The number of hydrogen-bond acceptors (Lipinski definition) is 4. The Morgan fingerprint density at radius 2 is 2.31 bits per heavy atom. The third-order valence-electron chi connectivity index (χ3n) is 2.94. The van der Waals surface area contributed by atoms with Gasteiger partial charge in [-0.1, -0.05) is 6.92 Å². The van der Waals surface area contributed by atoms with Crippen molar-refractivity contribution in [3.63, 3.8) is 0 Å². The number of aromatic nitrogens is 2. The Balaban J connectivity index is 2.00. The zero-order valence-corrected chi connectivity index (χ0v) is 10.2. The molecule has 0 bridgehead atoms. The number of halogens is 1. The highest BCUT2D eigenvalue weighted by Gasteiger charge is 2.32. The Bertz CT molecular complexity index is 330. The molecule has 1 fully saturated rings. The van der Waals surface area contributed by atoms with Crippen molar-refractivity contribution in [3.8, 4) is 0 Å². The van der Waals surface area contributed by atoms with Crippen molar-refractivity contribution >= 4 is 11.6 Å². The Morgan fingerprint density at radius 3 is 3.06 bits per heavy atom. The Morgan fingerprint density at radius 1 is 1.44 bits per heavy atom. The number of rotatable bonds is 5. The van der Waals surface area contributed by atoms with Crippen LogP contribution in [0.3, 0.4) is 0 Å². The highest BCUT2D eigenvalue weighted by molar-refractivity contribution is 6.17. The van der Waals surface area contributed by atoms with Crippen molar-refractivity contribution in [1.82, 2.24) is 10.2 Å². The standard InChI is InChI=1S/C11H17ClN2O2/c1-2-9-8(5-7-15-9)11-14-13-10(16-11)4-3-6-12/h8-9H,2-7H2,1H3. The van der Waals surface area contributed by atoms with Crippen LogP contribution in [-0.2, 0) is 11.2 Å². The van der Waals surface area contributed by atoms with Crippen LogP contribution in [0.5, 0.6) is 0 Å². The Kier molecular flexibility index (Phi) is 4.18. The molecule has 1 aromatic rings.